The Hall–Kier alpha value is -2.31. The average molecular weight is 373 g/mol. The normalized spacial score (nSPS) is 17.0. The Bertz CT molecular complexity index is 1020. The number of esters is 1. The molecule has 2 heterocycles. The van der Waals surface area contributed by atoms with Gasteiger partial charge in [0.25, 0.3) is 5.56 Å². The van der Waals surface area contributed by atoms with Gasteiger partial charge in [-0.1, -0.05) is 35.5 Å². The van der Waals surface area contributed by atoms with Gasteiger partial charge in [-0.3, -0.25) is 14.2 Å². The van der Waals surface area contributed by atoms with Crippen molar-refractivity contribution in [3.05, 3.63) is 63.9 Å². The number of aromatic nitrogens is 2. The molecule has 1 aliphatic heterocycles. The van der Waals surface area contributed by atoms with Gasteiger partial charge in [0.2, 0.25) is 0 Å². The number of nitrogens with zero attached hydrogens (tertiary/aromatic N) is 2. The number of hydrogen-bond acceptors (Lipinski definition) is 5. The molecule has 0 N–H and O–H groups in total. The van der Waals surface area contributed by atoms with E-state index < -0.39 is 0 Å². The van der Waals surface area contributed by atoms with Crippen LogP contribution in [0.1, 0.15) is 6.42 Å². The first-order chi connectivity index (χ1) is 12.1. The molecule has 1 atom stereocenters. The first-order valence-electron chi connectivity index (χ1n) is 7.74. The van der Waals surface area contributed by atoms with Gasteiger partial charge < -0.3 is 4.74 Å². The molecule has 5 nitrogen and oxygen atoms in total. The van der Waals surface area contributed by atoms with Gasteiger partial charge in [-0.2, -0.15) is 0 Å². The van der Waals surface area contributed by atoms with Crippen LogP contribution in [0.3, 0.4) is 0 Å². The smallest absolute Gasteiger partial charge is 0.319 e. The zero-order chi connectivity index (χ0) is 17.4. The molecule has 1 saturated heterocycles. The number of para-hydroxylation sites is 1. The number of rotatable bonds is 3. The molecular formula is C18H13ClN2O3S. The summed E-state index contributed by atoms with van der Waals surface area (Å²) in [5, 5.41) is 1.22. The van der Waals surface area contributed by atoms with Crippen LogP contribution in [0, 0.1) is 0 Å². The fraction of sp³-hybridized carbons (Fsp3) is 0.167. The molecule has 0 bridgehead atoms. The highest BCUT2D eigenvalue weighted by molar-refractivity contribution is 8.00. The number of cyclic esters (lactones) is 1. The van der Waals surface area contributed by atoms with E-state index in [1.54, 1.807) is 42.5 Å². The fourth-order valence-corrected chi connectivity index (χ4v) is 3.92. The fourth-order valence-electron chi connectivity index (χ4n) is 2.72. The summed E-state index contributed by atoms with van der Waals surface area (Å²) in [4.78, 5) is 29.5. The second-order valence-corrected chi connectivity index (χ2v) is 7.20. The van der Waals surface area contributed by atoms with Crippen LogP contribution in [0.4, 0.5) is 0 Å². The van der Waals surface area contributed by atoms with Crippen molar-refractivity contribution in [2.24, 2.45) is 0 Å². The van der Waals surface area contributed by atoms with Crippen molar-refractivity contribution in [1.29, 1.82) is 0 Å². The van der Waals surface area contributed by atoms with Crippen molar-refractivity contribution >= 4 is 40.2 Å². The maximum absolute atomic E-state index is 13.1. The molecule has 1 aromatic heterocycles. The standard InChI is InChI=1S/C18H13ClN2O3S/c19-11-5-7-12(8-6-11)21-16(22)13-3-1-2-4-14(13)20-18(21)25-15-9-10-24-17(15)23/h1-8,15H,9-10H2/t15-/m1/s1. The number of benzene rings is 2. The summed E-state index contributed by atoms with van der Waals surface area (Å²) in [6.07, 6.45) is 0.604. The zero-order valence-corrected chi connectivity index (χ0v) is 14.6. The van der Waals surface area contributed by atoms with E-state index in [1.807, 2.05) is 6.07 Å². The van der Waals surface area contributed by atoms with Crippen LogP contribution in [0.5, 0.6) is 0 Å². The van der Waals surface area contributed by atoms with Crippen molar-refractivity contribution < 1.29 is 9.53 Å². The summed E-state index contributed by atoms with van der Waals surface area (Å²) in [5.74, 6) is -0.268. The van der Waals surface area contributed by atoms with Gasteiger partial charge in [-0.05, 0) is 36.4 Å². The summed E-state index contributed by atoms with van der Waals surface area (Å²) in [6, 6.07) is 14.1. The third-order valence-corrected chi connectivity index (χ3v) is 5.41. The number of hydrogen-bond donors (Lipinski definition) is 0. The predicted octanol–water partition coefficient (Wildman–Crippen LogP) is 3.45. The van der Waals surface area contributed by atoms with Crippen molar-refractivity contribution in [3.63, 3.8) is 0 Å². The Kier molecular flexibility index (Phi) is 4.23. The Labute approximate surface area is 152 Å². The van der Waals surface area contributed by atoms with Crippen LogP contribution in [-0.2, 0) is 9.53 Å². The minimum Gasteiger partial charge on any atom is -0.465 e. The lowest BCUT2D eigenvalue weighted by atomic mass is 10.2. The highest BCUT2D eigenvalue weighted by Gasteiger charge is 2.29. The molecule has 25 heavy (non-hydrogen) atoms. The molecule has 0 radical (unpaired) electrons. The number of ether oxygens (including phenoxy) is 1. The monoisotopic (exact) mass is 372 g/mol. The number of thioether (sulfide) groups is 1. The molecule has 7 heteroatoms. The van der Waals surface area contributed by atoms with E-state index >= 15 is 0 Å². The Morgan fingerprint density at radius 3 is 2.60 bits per heavy atom. The Morgan fingerprint density at radius 2 is 1.88 bits per heavy atom. The lowest BCUT2D eigenvalue weighted by Gasteiger charge is -2.14. The summed E-state index contributed by atoms with van der Waals surface area (Å²) < 4.78 is 6.55. The van der Waals surface area contributed by atoms with E-state index in [0.717, 1.165) is 0 Å². The zero-order valence-electron chi connectivity index (χ0n) is 13.0. The van der Waals surface area contributed by atoms with Gasteiger partial charge in [0.15, 0.2) is 5.16 Å². The van der Waals surface area contributed by atoms with E-state index in [-0.39, 0.29) is 16.8 Å². The van der Waals surface area contributed by atoms with Crippen LogP contribution < -0.4 is 5.56 Å². The van der Waals surface area contributed by atoms with Gasteiger partial charge in [0, 0.05) is 11.4 Å². The Balaban J connectivity index is 1.92. The van der Waals surface area contributed by atoms with Crippen LogP contribution in [-0.4, -0.2) is 27.4 Å². The number of carbonyl (C=O) groups is 1. The highest BCUT2D eigenvalue weighted by atomic mass is 35.5. The molecule has 3 aromatic rings. The molecule has 0 amide bonds. The molecule has 2 aromatic carbocycles. The van der Waals surface area contributed by atoms with Crippen molar-refractivity contribution in [2.75, 3.05) is 6.61 Å². The largest absolute Gasteiger partial charge is 0.465 e. The van der Waals surface area contributed by atoms with Crippen molar-refractivity contribution in [1.82, 2.24) is 9.55 Å². The lowest BCUT2D eigenvalue weighted by Crippen LogP contribution is -2.23. The second kappa shape index (κ2) is 6.54. The van der Waals surface area contributed by atoms with E-state index in [0.29, 0.717) is 39.8 Å². The van der Waals surface area contributed by atoms with Crippen LogP contribution in [0.25, 0.3) is 16.6 Å². The summed E-state index contributed by atoms with van der Waals surface area (Å²) in [7, 11) is 0. The summed E-state index contributed by atoms with van der Waals surface area (Å²) >= 11 is 7.22. The molecule has 1 aliphatic rings. The maximum Gasteiger partial charge on any atom is 0.319 e. The molecule has 126 valence electrons. The topological polar surface area (TPSA) is 61.2 Å². The predicted molar refractivity (Wildman–Crippen MR) is 97.6 cm³/mol. The SMILES string of the molecule is O=C1OCC[C@H]1Sc1nc2ccccc2c(=O)n1-c1ccc(Cl)cc1. The van der Waals surface area contributed by atoms with E-state index in [2.05, 4.69) is 4.98 Å². The average Bonchev–Trinajstić information content (AvgIpc) is 3.01. The number of fused-ring (bicyclic) bond motifs is 1. The first-order valence-corrected chi connectivity index (χ1v) is 9.00. The first kappa shape index (κ1) is 16.2. The van der Waals surface area contributed by atoms with E-state index in [1.165, 1.54) is 16.3 Å². The van der Waals surface area contributed by atoms with Gasteiger partial charge in [0.1, 0.15) is 5.25 Å². The molecule has 0 spiro atoms. The summed E-state index contributed by atoms with van der Waals surface area (Å²) in [5.41, 5.74) is 1.08. The molecule has 1 fully saturated rings. The van der Waals surface area contributed by atoms with Gasteiger partial charge >= 0.3 is 5.97 Å². The van der Waals surface area contributed by atoms with Crippen LogP contribution in [0.2, 0.25) is 5.02 Å². The van der Waals surface area contributed by atoms with E-state index in [4.69, 9.17) is 16.3 Å². The maximum atomic E-state index is 13.1. The Morgan fingerprint density at radius 1 is 1.12 bits per heavy atom. The molecule has 0 saturated carbocycles. The number of carbonyl (C=O) groups excluding carboxylic acids is 1. The van der Waals surface area contributed by atoms with Crippen molar-refractivity contribution in [3.8, 4) is 5.69 Å². The van der Waals surface area contributed by atoms with E-state index in [9.17, 15) is 9.59 Å². The second-order valence-electron chi connectivity index (χ2n) is 5.59. The molecule has 0 unspecified atom stereocenters. The van der Waals surface area contributed by atoms with Gasteiger partial charge in [-0.25, -0.2) is 4.98 Å². The lowest BCUT2D eigenvalue weighted by molar-refractivity contribution is -0.137. The summed E-state index contributed by atoms with van der Waals surface area (Å²) in [6.45, 7) is 0.398. The van der Waals surface area contributed by atoms with Gasteiger partial charge in [-0.15, -0.1) is 0 Å². The minimum atomic E-state index is -0.355. The highest BCUT2D eigenvalue weighted by Crippen LogP contribution is 2.30. The third-order valence-electron chi connectivity index (χ3n) is 3.96. The molecule has 0 aliphatic carbocycles. The minimum absolute atomic E-state index is 0.179. The van der Waals surface area contributed by atoms with Crippen LogP contribution >= 0.6 is 23.4 Å². The van der Waals surface area contributed by atoms with Crippen molar-refractivity contribution in [2.45, 2.75) is 16.8 Å². The third kappa shape index (κ3) is 3.03. The van der Waals surface area contributed by atoms with Gasteiger partial charge in [0.05, 0.1) is 23.2 Å². The number of halogens is 1. The quantitative estimate of drug-likeness (QED) is 0.520. The molecule has 4 rings (SSSR count). The molecular weight excluding hydrogens is 360 g/mol. The van der Waals surface area contributed by atoms with Crippen LogP contribution in [0.15, 0.2) is 58.5 Å².